The zero-order chi connectivity index (χ0) is 18.9. The second kappa shape index (κ2) is 9.64. The molecule has 1 aromatic heterocycles. The minimum Gasteiger partial charge on any atom is -0.504 e. The van der Waals surface area contributed by atoms with Gasteiger partial charge in [0.1, 0.15) is 0 Å². The molecule has 2 aromatic rings. The van der Waals surface area contributed by atoms with E-state index < -0.39 is 11.2 Å². The summed E-state index contributed by atoms with van der Waals surface area (Å²) in [6, 6.07) is 4.53. The first-order valence-electron chi connectivity index (χ1n) is 8.32. The summed E-state index contributed by atoms with van der Waals surface area (Å²) in [6.07, 6.45) is 1.85. The van der Waals surface area contributed by atoms with E-state index in [1.165, 1.54) is 19.2 Å². The van der Waals surface area contributed by atoms with Gasteiger partial charge in [-0.25, -0.2) is 4.79 Å². The van der Waals surface area contributed by atoms with Gasteiger partial charge >= 0.3 is 5.69 Å². The van der Waals surface area contributed by atoms with E-state index in [0.29, 0.717) is 18.8 Å². The monoisotopic (exact) mass is 364 g/mol. The lowest BCUT2D eigenvalue weighted by Crippen LogP contribution is -2.26. The fourth-order valence-corrected chi connectivity index (χ4v) is 2.48. The largest absolute Gasteiger partial charge is 0.504 e. The number of phenols is 2. The summed E-state index contributed by atoms with van der Waals surface area (Å²) in [5.74, 6) is -0.226. The average Bonchev–Trinajstić information content (AvgIpc) is 2.59. The van der Waals surface area contributed by atoms with Gasteiger partial charge in [-0.1, -0.05) is 0 Å². The first kappa shape index (κ1) is 19.5. The Morgan fingerprint density at radius 1 is 1.00 bits per heavy atom. The van der Waals surface area contributed by atoms with Crippen molar-refractivity contribution in [2.45, 2.75) is 25.9 Å². The molecule has 9 heteroatoms. The third-order valence-electron chi connectivity index (χ3n) is 3.75. The number of ether oxygens (including phenoxy) is 1. The topological polar surface area (TPSA) is 139 Å². The van der Waals surface area contributed by atoms with E-state index in [1.807, 2.05) is 0 Å². The Balaban J connectivity index is 1.62. The summed E-state index contributed by atoms with van der Waals surface area (Å²) in [5.41, 5.74) is 0.452. The van der Waals surface area contributed by atoms with Crippen molar-refractivity contribution in [2.75, 3.05) is 20.2 Å². The molecule has 0 spiro atoms. The zero-order valence-electron chi connectivity index (χ0n) is 14.6. The zero-order valence-corrected chi connectivity index (χ0v) is 14.6. The number of H-pyrrole nitrogens is 2. The molecule has 0 aliphatic rings. The number of hydrogen-bond donors (Lipinski definition) is 6. The molecule has 1 heterocycles. The Hall–Kier alpha value is -2.78. The molecule has 142 valence electrons. The molecular formula is C17H24N4O5. The molecule has 0 fully saturated rings. The maximum absolute atomic E-state index is 11.2. The SMILES string of the molecule is COc1cc(CNCCCCNCc2cc(=O)[nH]c(=O)[nH]2)cc(O)c1O. The lowest BCUT2D eigenvalue weighted by molar-refractivity contribution is 0.350. The van der Waals surface area contributed by atoms with E-state index in [2.05, 4.69) is 20.6 Å². The fourth-order valence-electron chi connectivity index (χ4n) is 2.48. The molecule has 0 saturated carbocycles. The number of methoxy groups -OCH3 is 1. The van der Waals surface area contributed by atoms with Crippen molar-refractivity contribution in [3.63, 3.8) is 0 Å². The average molecular weight is 364 g/mol. The first-order valence-corrected chi connectivity index (χ1v) is 8.32. The van der Waals surface area contributed by atoms with Gasteiger partial charge in [0.2, 0.25) is 5.75 Å². The van der Waals surface area contributed by atoms with Crippen molar-refractivity contribution >= 4 is 0 Å². The minimum atomic E-state index is -0.504. The van der Waals surface area contributed by atoms with E-state index in [4.69, 9.17) is 4.74 Å². The molecule has 0 aliphatic carbocycles. The molecule has 1 aromatic carbocycles. The molecule has 0 unspecified atom stereocenters. The van der Waals surface area contributed by atoms with Crippen molar-refractivity contribution in [1.29, 1.82) is 0 Å². The van der Waals surface area contributed by atoms with Crippen molar-refractivity contribution in [3.05, 3.63) is 50.3 Å². The number of nitrogens with one attached hydrogen (secondary N) is 4. The van der Waals surface area contributed by atoms with Crippen LogP contribution in [0.5, 0.6) is 17.2 Å². The Labute approximate surface area is 150 Å². The van der Waals surface area contributed by atoms with Gasteiger partial charge in [0, 0.05) is 24.8 Å². The van der Waals surface area contributed by atoms with Crippen LogP contribution in [-0.4, -0.2) is 40.4 Å². The number of hydrogen-bond acceptors (Lipinski definition) is 7. The van der Waals surface area contributed by atoms with Crippen LogP contribution < -0.4 is 26.6 Å². The number of rotatable bonds is 10. The van der Waals surface area contributed by atoms with Crippen molar-refractivity contribution in [1.82, 2.24) is 20.6 Å². The van der Waals surface area contributed by atoms with Crippen LogP contribution in [0.15, 0.2) is 27.8 Å². The Morgan fingerprint density at radius 2 is 1.69 bits per heavy atom. The lowest BCUT2D eigenvalue weighted by atomic mass is 10.2. The van der Waals surface area contributed by atoms with Gasteiger partial charge in [-0.15, -0.1) is 0 Å². The highest BCUT2D eigenvalue weighted by molar-refractivity contribution is 5.51. The van der Waals surface area contributed by atoms with Crippen LogP contribution >= 0.6 is 0 Å². The van der Waals surface area contributed by atoms with E-state index in [-0.39, 0.29) is 17.2 Å². The second-order valence-corrected chi connectivity index (χ2v) is 5.84. The summed E-state index contributed by atoms with van der Waals surface area (Å²) >= 11 is 0. The number of aromatic nitrogens is 2. The van der Waals surface area contributed by atoms with Gasteiger partial charge in [0.25, 0.3) is 5.56 Å². The molecule has 26 heavy (non-hydrogen) atoms. The van der Waals surface area contributed by atoms with Crippen LogP contribution in [0, 0.1) is 0 Å². The van der Waals surface area contributed by atoms with Crippen LogP contribution in [-0.2, 0) is 13.1 Å². The Bertz CT molecular complexity index is 802. The number of unbranched alkanes of at least 4 members (excludes halogenated alkanes) is 1. The fraction of sp³-hybridized carbons (Fsp3) is 0.412. The van der Waals surface area contributed by atoms with Crippen LogP contribution in [0.25, 0.3) is 0 Å². The van der Waals surface area contributed by atoms with Gasteiger partial charge in [0.15, 0.2) is 11.5 Å². The van der Waals surface area contributed by atoms with Crippen molar-refractivity contribution in [2.24, 2.45) is 0 Å². The van der Waals surface area contributed by atoms with Crippen LogP contribution in [0.3, 0.4) is 0 Å². The van der Waals surface area contributed by atoms with Gasteiger partial charge in [-0.3, -0.25) is 9.78 Å². The lowest BCUT2D eigenvalue weighted by Gasteiger charge is -2.10. The summed E-state index contributed by atoms with van der Waals surface area (Å²) in [4.78, 5) is 27.0. The molecule has 0 saturated heterocycles. The highest BCUT2D eigenvalue weighted by Crippen LogP contribution is 2.36. The van der Waals surface area contributed by atoms with E-state index in [9.17, 15) is 19.8 Å². The Morgan fingerprint density at radius 3 is 2.35 bits per heavy atom. The molecule has 0 amide bonds. The third-order valence-corrected chi connectivity index (χ3v) is 3.75. The molecule has 0 atom stereocenters. The normalized spacial score (nSPS) is 10.8. The number of aromatic amines is 2. The first-order chi connectivity index (χ1) is 12.5. The number of benzene rings is 1. The van der Waals surface area contributed by atoms with E-state index in [1.54, 1.807) is 6.07 Å². The van der Waals surface area contributed by atoms with Crippen LogP contribution in [0.2, 0.25) is 0 Å². The molecular weight excluding hydrogens is 340 g/mol. The summed E-state index contributed by atoms with van der Waals surface area (Å²) < 4.78 is 5.00. The molecule has 0 aliphatic heterocycles. The highest BCUT2D eigenvalue weighted by atomic mass is 16.5. The summed E-state index contributed by atoms with van der Waals surface area (Å²) in [5, 5.41) is 25.6. The summed E-state index contributed by atoms with van der Waals surface area (Å²) in [7, 11) is 1.43. The van der Waals surface area contributed by atoms with E-state index >= 15 is 0 Å². The maximum Gasteiger partial charge on any atom is 0.325 e. The predicted molar refractivity (Wildman–Crippen MR) is 96.7 cm³/mol. The van der Waals surface area contributed by atoms with E-state index in [0.717, 1.165) is 31.5 Å². The standard InChI is InChI=1S/C17H24N4O5/c1-26-14-7-11(6-13(22)16(14)24)9-18-4-2-3-5-19-10-12-8-15(23)21-17(25)20-12/h6-8,18-19,22,24H,2-5,9-10H2,1H3,(H2,20,21,23,25). The van der Waals surface area contributed by atoms with Gasteiger partial charge in [-0.2, -0.15) is 0 Å². The van der Waals surface area contributed by atoms with Crippen molar-refractivity contribution in [3.8, 4) is 17.2 Å². The molecule has 6 N–H and O–H groups in total. The predicted octanol–water partition coefficient (Wildman–Crippen LogP) is 0.143. The van der Waals surface area contributed by atoms with Gasteiger partial charge in [0.05, 0.1) is 7.11 Å². The minimum absolute atomic E-state index is 0.205. The second-order valence-electron chi connectivity index (χ2n) is 5.84. The number of aromatic hydroxyl groups is 2. The summed E-state index contributed by atoms with van der Waals surface area (Å²) in [6.45, 7) is 2.52. The van der Waals surface area contributed by atoms with Crippen LogP contribution in [0.1, 0.15) is 24.1 Å². The Kier molecular flexibility index (Phi) is 7.24. The molecule has 2 rings (SSSR count). The van der Waals surface area contributed by atoms with Crippen molar-refractivity contribution < 1.29 is 14.9 Å². The molecule has 0 bridgehead atoms. The maximum atomic E-state index is 11.2. The third kappa shape index (κ3) is 5.94. The highest BCUT2D eigenvalue weighted by Gasteiger charge is 2.09. The molecule has 0 radical (unpaired) electrons. The van der Waals surface area contributed by atoms with Gasteiger partial charge in [-0.05, 0) is 43.6 Å². The quantitative estimate of drug-likeness (QED) is 0.260. The van der Waals surface area contributed by atoms with Gasteiger partial charge < -0.3 is 30.6 Å². The van der Waals surface area contributed by atoms with Crippen LogP contribution in [0.4, 0.5) is 0 Å². The molecule has 9 nitrogen and oxygen atoms in total. The smallest absolute Gasteiger partial charge is 0.325 e. The number of phenolic OH excluding ortho intramolecular Hbond substituents is 2.